The second-order valence-electron chi connectivity index (χ2n) is 7.20. The molecule has 0 spiro atoms. The fraction of sp³-hybridized carbons (Fsp3) is 0.190. The molecule has 1 unspecified atom stereocenters. The molecule has 0 saturated heterocycles. The number of aromatic nitrogens is 3. The van der Waals surface area contributed by atoms with Crippen LogP contribution in [-0.4, -0.2) is 20.5 Å². The summed E-state index contributed by atoms with van der Waals surface area (Å²) in [6, 6.07) is 10.1. The molecule has 1 aliphatic heterocycles. The van der Waals surface area contributed by atoms with Crippen LogP contribution in [0.3, 0.4) is 0 Å². The zero-order chi connectivity index (χ0) is 21.0. The summed E-state index contributed by atoms with van der Waals surface area (Å²) >= 11 is 24.8. The number of anilines is 1. The van der Waals surface area contributed by atoms with E-state index >= 15 is 0 Å². The summed E-state index contributed by atoms with van der Waals surface area (Å²) in [5, 5.41) is 9.84. The van der Waals surface area contributed by atoms with Crippen molar-refractivity contribution >= 4 is 58.1 Å². The molecule has 1 aliphatic carbocycles. The van der Waals surface area contributed by atoms with Crippen molar-refractivity contribution in [3.63, 3.8) is 0 Å². The van der Waals surface area contributed by atoms with Gasteiger partial charge in [-0.3, -0.25) is 4.79 Å². The number of benzene rings is 2. The summed E-state index contributed by atoms with van der Waals surface area (Å²) in [6.07, 6.45) is 2.06. The molecule has 0 saturated carbocycles. The van der Waals surface area contributed by atoms with Crippen LogP contribution < -0.4 is 5.32 Å². The van der Waals surface area contributed by atoms with Crippen molar-refractivity contribution in [1.82, 2.24) is 14.8 Å². The van der Waals surface area contributed by atoms with Gasteiger partial charge in [-0.1, -0.05) is 52.5 Å². The quantitative estimate of drug-likeness (QED) is 0.450. The number of fused-ring (bicyclic) bond motifs is 1. The van der Waals surface area contributed by atoms with Crippen molar-refractivity contribution in [2.45, 2.75) is 25.3 Å². The first-order valence-electron chi connectivity index (χ1n) is 9.32. The average Bonchev–Trinajstić information content (AvgIpc) is 3.12. The fourth-order valence-corrected chi connectivity index (χ4v) is 4.73. The van der Waals surface area contributed by atoms with Gasteiger partial charge in [0, 0.05) is 28.3 Å². The summed E-state index contributed by atoms with van der Waals surface area (Å²) < 4.78 is 1.71. The lowest BCUT2D eigenvalue weighted by Crippen LogP contribution is -2.31. The molecule has 1 aromatic heterocycles. The minimum Gasteiger partial charge on any atom is -0.328 e. The third-order valence-corrected chi connectivity index (χ3v) is 6.59. The molecule has 5 nitrogen and oxygen atoms in total. The van der Waals surface area contributed by atoms with Crippen molar-refractivity contribution in [3.8, 4) is 11.4 Å². The van der Waals surface area contributed by atoms with Gasteiger partial charge in [-0.05, 0) is 48.7 Å². The largest absolute Gasteiger partial charge is 0.328 e. The van der Waals surface area contributed by atoms with Crippen LogP contribution in [0.25, 0.3) is 11.4 Å². The van der Waals surface area contributed by atoms with Crippen LogP contribution in [0.15, 0.2) is 47.7 Å². The number of rotatable bonds is 2. The van der Waals surface area contributed by atoms with Gasteiger partial charge < -0.3 is 5.32 Å². The molecule has 0 radical (unpaired) electrons. The number of ketones is 1. The van der Waals surface area contributed by atoms with Gasteiger partial charge in [-0.2, -0.15) is 4.98 Å². The zero-order valence-electron chi connectivity index (χ0n) is 15.4. The summed E-state index contributed by atoms with van der Waals surface area (Å²) in [5.74, 6) is 1.07. The van der Waals surface area contributed by atoms with Gasteiger partial charge in [-0.15, -0.1) is 5.10 Å². The van der Waals surface area contributed by atoms with E-state index in [0.29, 0.717) is 49.4 Å². The van der Waals surface area contributed by atoms with Gasteiger partial charge in [-0.25, -0.2) is 4.68 Å². The number of allylic oxidation sites excluding steroid dienone is 2. The molecule has 0 bridgehead atoms. The van der Waals surface area contributed by atoms with Crippen molar-refractivity contribution in [1.29, 1.82) is 0 Å². The summed E-state index contributed by atoms with van der Waals surface area (Å²) in [5.41, 5.74) is 3.03. The van der Waals surface area contributed by atoms with Crippen molar-refractivity contribution in [2.75, 3.05) is 5.32 Å². The maximum atomic E-state index is 12.9. The van der Waals surface area contributed by atoms with E-state index in [1.807, 2.05) is 6.07 Å². The van der Waals surface area contributed by atoms with E-state index in [9.17, 15) is 4.79 Å². The van der Waals surface area contributed by atoms with Gasteiger partial charge >= 0.3 is 0 Å². The van der Waals surface area contributed by atoms with Crippen LogP contribution in [0, 0.1) is 0 Å². The van der Waals surface area contributed by atoms with Crippen LogP contribution >= 0.6 is 46.4 Å². The fourth-order valence-electron chi connectivity index (χ4n) is 3.93. The zero-order valence-corrected chi connectivity index (χ0v) is 18.4. The summed E-state index contributed by atoms with van der Waals surface area (Å²) in [4.78, 5) is 17.5. The maximum absolute atomic E-state index is 12.9. The van der Waals surface area contributed by atoms with Crippen molar-refractivity contribution in [3.05, 3.63) is 73.3 Å². The highest BCUT2D eigenvalue weighted by atomic mass is 35.5. The number of nitrogens with zero attached hydrogens (tertiary/aromatic N) is 3. The van der Waals surface area contributed by atoms with Crippen LogP contribution in [0.2, 0.25) is 20.1 Å². The van der Waals surface area contributed by atoms with Crippen molar-refractivity contribution in [2.24, 2.45) is 0 Å². The van der Waals surface area contributed by atoms with Crippen LogP contribution in [0.5, 0.6) is 0 Å². The predicted molar refractivity (Wildman–Crippen MR) is 120 cm³/mol. The Hall–Kier alpha value is -2.05. The number of hydrogen-bond donors (Lipinski definition) is 1. The molecule has 1 atom stereocenters. The van der Waals surface area contributed by atoms with E-state index in [1.165, 1.54) is 0 Å². The van der Waals surface area contributed by atoms with Gasteiger partial charge in [0.25, 0.3) is 0 Å². The number of carbonyl (C=O) groups excluding carboxylic acids is 1. The number of hydrogen-bond acceptors (Lipinski definition) is 4. The number of carbonyl (C=O) groups is 1. The highest BCUT2D eigenvalue weighted by Crippen LogP contribution is 2.42. The second-order valence-corrected chi connectivity index (χ2v) is 8.86. The minimum absolute atomic E-state index is 0.0899. The Morgan fingerprint density at radius 3 is 2.57 bits per heavy atom. The molecule has 5 rings (SSSR count). The maximum Gasteiger partial charge on any atom is 0.226 e. The Labute approximate surface area is 192 Å². The molecule has 3 aromatic rings. The van der Waals surface area contributed by atoms with Gasteiger partial charge in [0.1, 0.15) is 6.04 Å². The summed E-state index contributed by atoms with van der Waals surface area (Å²) in [6.45, 7) is 0. The molecule has 0 amide bonds. The summed E-state index contributed by atoms with van der Waals surface area (Å²) in [7, 11) is 0. The highest BCUT2D eigenvalue weighted by molar-refractivity contribution is 6.42. The average molecular weight is 480 g/mol. The molecule has 30 heavy (non-hydrogen) atoms. The number of halogens is 4. The molecule has 0 fully saturated rings. The monoisotopic (exact) mass is 478 g/mol. The Morgan fingerprint density at radius 2 is 1.80 bits per heavy atom. The Balaban J connectivity index is 1.69. The lowest BCUT2D eigenvalue weighted by Gasteiger charge is -2.32. The molecule has 9 heteroatoms. The van der Waals surface area contributed by atoms with Gasteiger partial charge in [0.15, 0.2) is 11.6 Å². The number of Topliss-reactive ketones (excluding diaryl/α,β-unsaturated/α-hetero) is 1. The predicted octanol–water partition coefficient (Wildman–Crippen LogP) is 6.58. The second kappa shape index (κ2) is 7.57. The van der Waals surface area contributed by atoms with Crippen LogP contribution in [0.4, 0.5) is 5.95 Å². The van der Waals surface area contributed by atoms with E-state index < -0.39 is 6.04 Å². The third-order valence-electron chi connectivity index (χ3n) is 5.30. The van der Waals surface area contributed by atoms with Gasteiger partial charge in [0.05, 0.1) is 15.1 Å². The topological polar surface area (TPSA) is 59.8 Å². The van der Waals surface area contributed by atoms with Crippen LogP contribution in [-0.2, 0) is 4.79 Å². The Morgan fingerprint density at radius 1 is 0.967 bits per heavy atom. The highest BCUT2D eigenvalue weighted by Gasteiger charge is 2.37. The Kier molecular flexibility index (Phi) is 5.02. The molecule has 1 N–H and O–H groups in total. The first kappa shape index (κ1) is 19.9. The number of nitrogens with one attached hydrogen (secondary N) is 1. The molecule has 2 heterocycles. The van der Waals surface area contributed by atoms with E-state index in [1.54, 1.807) is 35.0 Å². The van der Waals surface area contributed by atoms with Crippen LogP contribution in [0.1, 0.15) is 30.9 Å². The lowest BCUT2D eigenvalue weighted by molar-refractivity contribution is -0.116. The molecular formula is C21H14Cl4N4O. The smallest absolute Gasteiger partial charge is 0.226 e. The molecule has 2 aromatic carbocycles. The first-order chi connectivity index (χ1) is 14.4. The van der Waals surface area contributed by atoms with E-state index in [0.717, 1.165) is 24.1 Å². The first-order valence-corrected chi connectivity index (χ1v) is 10.8. The SMILES string of the molecule is O=C1CCCC2=C1C(c1ccc(Cl)c(Cl)c1)n1nc(-c3ccc(Cl)cc3Cl)nc1N2. The van der Waals surface area contributed by atoms with Gasteiger partial charge in [0.2, 0.25) is 5.95 Å². The lowest BCUT2D eigenvalue weighted by atomic mass is 9.85. The normalized spacial score (nSPS) is 18.1. The van der Waals surface area contributed by atoms with E-state index in [4.69, 9.17) is 51.5 Å². The van der Waals surface area contributed by atoms with E-state index in [2.05, 4.69) is 10.3 Å². The molecule has 152 valence electrons. The van der Waals surface area contributed by atoms with Crippen molar-refractivity contribution < 1.29 is 4.79 Å². The van der Waals surface area contributed by atoms with E-state index in [-0.39, 0.29) is 5.78 Å². The third kappa shape index (κ3) is 3.30. The molecule has 2 aliphatic rings. The minimum atomic E-state index is -0.453. The standard InChI is InChI=1S/C21H14Cl4N4O/c22-11-5-6-12(14(24)9-11)20-27-21-26-16-2-1-3-17(30)18(16)19(29(21)28-20)10-4-7-13(23)15(25)8-10/h4-9,19H,1-3H2,(H,26,27,28). The Bertz CT molecular complexity index is 1230. The molecular weight excluding hydrogens is 466 g/mol.